The normalized spacial score (nSPS) is 38.0. The lowest BCUT2D eigenvalue weighted by molar-refractivity contribution is -0.235. The van der Waals surface area contributed by atoms with Crippen molar-refractivity contribution < 1.29 is 34.1 Å². The number of esters is 1. The number of carbonyl (C=O) groups excluding carboxylic acids is 3. The largest absolute Gasteiger partial charge is 0.481 e. The highest BCUT2D eigenvalue weighted by Gasteiger charge is 2.71. The smallest absolute Gasteiger partial charge is 0.309 e. The highest BCUT2D eigenvalue weighted by atomic mass is 16.5. The van der Waals surface area contributed by atoms with E-state index in [-0.39, 0.29) is 64.3 Å². The summed E-state index contributed by atoms with van der Waals surface area (Å²) in [4.78, 5) is 55.8. The van der Waals surface area contributed by atoms with Gasteiger partial charge in [-0.15, -0.1) is 0 Å². The van der Waals surface area contributed by atoms with Gasteiger partial charge in [0.2, 0.25) is 5.91 Å². The molecule has 9 nitrogen and oxygen atoms in total. The van der Waals surface area contributed by atoms with Crippen LogP contribution >= 0.6 is 0 Å². The first-order valence-corrected chi connectivity index (χ1v) is 21.3. The molecule has 0 aromatic heterocycles. The average molecular weight is 753 g/mol. The molecule has 0 saturated heterocycles. The summed E-state index contributed by atoms with van der Waals surface area (Å²) in [6, 6.07) is 0. The van der Waals surface area contributed by atoms with E-state index >= 15 is 0 Å². The molecular weight excluding hydrogens is 681 g/mol. The maximum Gasteiger partial charge on any atom is 0.309 e. The zero-order valence-electron chi connectivity index (χ0n) is 35.5. The molecule has 0 aromatic rings. The second kappa shape index (κ2) is 14.0. The van der Waals surface area contributed by atoms with Crippen LogP contribution in [-0.4, -0.2) is 89.6 Å². The molecule has 5 saturated carbocycles. The number of rotatable bonds is 12. The Hall–Kier alpha value is -2.26. The van der Waals surface area contributed by atoms with Crippen molar-refractivity contribution in [1.29, 1.82) is 0 Å². The van der Waals surface area contributed by atoms with E-state index in [1.165, 1.54) is 18.4 Å². The average Bonchev–Trinajstić information content (AvgIpc) is 3.81. The molecule has 0 radical (unpaired) electrons. The van der Waals surface area contributed by atoms with E-state index in [1.807, 2.05) is 0 Å². The summed E-state index contributed by atoms with van der Waals surface area (Å²) in [5.74, 6) is 0.541. The number of hydrogen-bond donors (Lipinski definition) is 2. The minimum absolute atomic E-state index is 0.0280. The van der Waals surface area contributed by atoms with Crippen LogP contribution in [0.15, 0.2) is 11.1 Å². The molecular formula is C45H72N2O7. The van der Waals surface area contributed by atoms with Gasteiger partial charge >= 0.3 is 11.9 Å². The van der Waals surface area contributed by atoms with Gasteiger partial charge in [-0.1, -0.05) is 54.0 Å². The van der Waals surface area contributed by atoms with Crippen LogP contribution in [0.4, 0.5) is 0 Å². The van der Waals surface area contributed by atoms with Crippen LogP contribution in [0, 0.1) is 62.1 Å². The first-order valence-electron chi connectivity index (χ1n) is 21.3. The zero-order valence-corrected chi connectivity index (χ0v) is 35.5. The number of aliphatic hydroxyl groups excluding tert-OH is 1. The summed E-state index contributed by atoms with van der Waals surface area (Å²) in [7, 11) is 3.58. The fraction of sp³-hybridized carbons (Fsp3) is 0.867. The summed E-state index contributed by atoms with van der Waals surface area (Å²) >= 11 is 0. The van der Waals surface area contributed by atoms with Gasteiger partial charge in [0, 0.05) is 44.4 Å². The summed E-state index contributed by atoms with van der Waals surface area (Å²) in [5.41, 5.74) is 0.248. The molecule has 0 spiro atoms. The van der Waals surface area contributed by atoms with Gasteiger partial charge in [-0.3, -0.25) is 24.1 Å². The number of allylic oxidation sites excluding steroid dienone is 1. The van der Waals surface area contributed by atoms with Crippen molar-refractivity contribution in [2.75, 3.05) is 33.7 Å². The lowest BCUT2D eigenvalue weighted by Gasteiger charge is -2.72. The molecule has 0 heterocycles. The van der Waals surface area contributed by atoms with Crippen LogP contribution in [0.25, 0.3) is 0 Å². The number of hydrogen-bond acceptors (Lipinski definition) is 7. The topological polar surface area (TPSA) is 124 Å². The number of amides is 1. The number of carboxylic acid groups (broad SMARTS) is 1. The van der Waals surface area contributed by atoms with Crippen LogP contribution in [0.3, 0.4) is 0 Å². The minimum Gasteiger partial charge on any atom is -0.481 e. The Kier molecular flexibility index (Phi) is 10.7. The Morgan fingerprint density at radius 2 is 1.56 bits per heavy atom. The van der Waals surface area contributed by atoms with E-state index in [9.17, 15) is 29.4 Å². The highest BCUT2D eigenvalue weighted by molar-refractivity contribution is 6.00. The quantitative estimate of drug-likeness (QED) is 0.196. The van der Waals surface area contributed by atoms with Gasteiger partial charge in [-0.25, -0.2) is 0 Å². The minimum atomic E-state index is -1.17. The second-order valence-corrected chi connectivity index (χ2v) is 21.5. The Bertz CT molecular complexity index is 1560. The Morgan fingerprint density at radius 1 is 0.889 bits per heavy atom. The molecule has 5 fully saturated rings. The van der Waals surface area contributed by atoms with Crippen molar-refractivity contribution in [3.8, 4) is 0 Å². The fourth-order valence-corrected chi connectivity index (χ4v) is 13.5. The van der Waals surface area contributed by atoms with Gasteiger partial charge < -0.3 is 19.8 Å². The summed E-state index contributed by atoms with van der Waals surface area (Å²) < 4.78 is 6.17. The Morgan fingerprint density at radius 3 is 2.15 bits per heavy atom. The molecule has 304 valence electrons. The molecule has 2 N–H and O–H groups in total. The molecule has 0 aliphatic heterocycles. The number of nitrogens with zero attached hydrogens (tertiary/aromatic N) is 2. The van der Waals surface area contributed by atoms with Crippen molar-refractivity contribution in [1.82, 2.24) is 9.80 Å². The number of ether oxygens (including phenoxy) is 1. The maximum absolute atomic E-state index is 14.2. The van der Waals surface area contributed by atoms with Gasteiger partial charge in [0.25, 0.3) is 0 Å². The fourth-order valence-electron chi connectivity index (χ4n) is 13.5. The van der Waals surface area contributed by atoms with Gasteiger partial charge in [0.05, 0.1) is 24.5 Å². The predicted octanol–water partition coefficient (Wildman–Crippen LogP) is 7.54. The number of fused-ring (bicyclic) bond motifs is 7. The van der Waals surface area contributed by atoms with Crippen molar-refractivity contribution >= 4 is 23.6 Å². The number of aliphatic hydroxyl groups is 1. The number of aliphatic carboxylic acids is 1. The van der Waals surface area contributed by atoms with Gasteiger partial charge in [-0.05, 0) is 129 Å². The monoisotopic (exact) mass is 753 g/mol. The van der Waals surface area contributed by atoms with Crippen molar-refractivity contribution in [2.45, 2.75) is 152 Å². The molecule has 1 amide bonds. The SMILES string of the molecule is CC(C)C1=C2C3CCC4C5(C)CCC(OC(=O)CC(C)(C)C(=O)O)C(C)(C)C5CCC4(C)C3(C)CCC2(C(O)CN(CC(=O)N(C)C)CC2CC2)CC1=O. The summed E-state index contributed by atoms with van der Waals surface area (Å²) in [5, 5.41) is 22.1. The van der Waals surface area contributed by atoms with E-state index in [0.29, 0.717) is 30.7 Å². The lowest BCUT2D eigenvalue weighted by Crippen LogP contribution is -2.66. The highest BCUT2D eigenvalue weighted by Crippen LogP contribution is 2.77. The molecule has 0 aromatic carbocycles. The number of carboxylic acids is 1. The Labute approximate surface area is 325 Å². The van der Waals surface area contributed by atoms with Crippen LogP contribution in [-0.2, 0) is 23.9 Å². The molecule has 6 aliphatic rings. The van der Waals surface area contributed by atoms with Crippen LogP contribution in [0.5, 0.6) is 0 Å². The van der Waals surface area contributed by atoms with E-state index < -0.39 is 28.9 Å². The molecule has 54 heavy (non-hydrogen) atoms. The Balaban J connectivity index is 1.28. The number of Topliss-reactive ketones (excluding diaryl/α,β-unsaturated/α-hetero) is 1. The van der Waals surface area contributed by atoms with Crippen molar-refractivity contribution in [3.05, 3.63) is 11.1 Å². The molecule has 9 atom stereocenters. The van der Waals surface area contributed by atoms with Gasteiger partial charge in [-0.2, -0.15) is 0 Å². The standard InChI is InChI=1S/C45H72N2O7/c1-27(2)37-30(48)22-45(33(49)25-47(24-28-12-13-28)26-35(50)46(10)11)21-20-43(8)29(38(37)45)14-15-32-42(7)18-17-34(54-36(51)23-40(3,4)39(52)53)41(5,6)31(42)16-19-44(32,43)9/h27-29,31-34,49H,12-26H2,1-11H3,(H,52,53). The molecule has 9 heteroatoms. The summed E-state index contributed by atoms with van der Waals surface area (Å²) in [6.07, 6.45) is 9.26. The van der Waals surface area contributed by atoms with Crippen LogP contribution in [0.1, 0.15) is 139 Å². The number of carbonyl (C=O) groups is 4. The van der Waals surface area contributed by atoms with Crippen LogP contribution < -0.4 is 0 Å². The van der Waals surface area contributed by atoms with Gasteiger partial charge in [0.15, 0.2) is 5.78 Å². The lowest BCUT2D eigenvalue weighted by atomic mass is 9.33. The third kappa shape index (κ3) is 6.61. The maximum atomic E-state index is 14.2. The summed E-state index contributed by atoms with van der Waals surface area (Å²) in [6.45, 7) is 21.1. The molecule has 6 aliphatic carbocycles. The van der Waals surface area contributed by atoms with E-state index in [2.05, 4.69) is 53.4 Å². The number of ketones is 1. The number of likely N-dealkylation sites (N-methyl/N-ethyl adjacent to an activating group) is 1. The van der Waals surface area contributed by atoms with Gasteiger partial charge in [0.1, 0.15) is 6.10 Å². The van der Waals surface area contributed by atoms with Crippen molar-refractivity contribution in [2.24, 2.45) is 62.1 Å². The molecule has 0 bridgehead atoms. The first kappa shape index (κ1) is 41.4. The molecule has 9 unspecified atom stereocenters. The first-order chi connectivity index (χ1) is 24.9. The van der Waals surface area contributed by atoms with E-state index in [4.69, 9.17) is 4.74 Å². The second-order valence-electron chi connectivity index (χ2n) is 21.5. The zero-order chi connectivity index (χ0) is 40.0. The predicted molar refractivity (Wildman–Crippen MR) is 209 cm³/mol. The van der Waals surface area contributed by atoms with Crippen molar-refractivity contribution in [3.63, 3.8) is 0 Å². The van der Waals surface area contributed by atoms with E-state index in [1.54, 1.807) is 32.8 Å². The van der Waals surface area contributed by atoms with Crippen LogP contribution in [0.2, 0.25) is 0 Å². The van der Waals surface area contributed by atoms with E-state index in [0.717, 1.165) is 63.5 Å². The third-order valence-corrected chi connectivity index (χ3v) is 17.0. The molecule has 6 rings (SSSR count). The third-order valence-electron chi connectivity index (χ3n) is 17.0.